The molecule has 28 heavy (non-hydrogen) atoms. The van der Waals surface area contributed by atoms with Crippen LogP contribution < -0.4 is 14.8 Å². The normalized spacial score (nSPS) is 11.0. The van der Waals surface area contributed by atoms with Crippen LogP contribution in [0.1, 0.15) is 32.3 Å². The predicted octanol–water partition coefficient (Wildman–Crippen LogP) is 4.41. The monoisotopic (exact) mass is 406 g/mol. The van der Waals surface area contributed by atoms with Crippen LogP contribution in [0.2, 0.25) is 0 Å². The summed E-state index contributed by atoms with van der Waals surface area (Å²) in [5.74, 6) is 0.326. The van der Waals surface area contributed by atoms with Gasteiger partial charge in [0.05, 0.1) is 24.3 Å². The van der Waals surface area contributed by atoms with Gasteiger partial charge in [-0.2, -0.15) is 0 Å². The maximum atomic E-state index is 12.7. The summed E-state index contributed by atoms with van der Waals surface area (Å²) in [5, 5.41) is 2.49. The van der Waals surface area contributed by atoms with E-state index in [-0.39, 0.29) is 17.2 Å². The number of rotatable bonds is 9. The van der Waals surface area contributed by atoms with Crippen LogP contribution in [0.25, 0.3) is 0 Å². The van der Waals surface area contributed by atoms with Crippen molar-refractivity contribution in [3.05, 3.63) is 48.0 Å². The van der Waals surface area contributed by atoms with Gasteiger partial charge in [0.2, 0.25) is 0 Å². The van der Waals surface area contributed by atoms with E-state index in [0.717, 1.165) is 24.8 Å². The minimum Gasteiger partial charge on any atom is -0.495 e. The summed E-state index contributed by atoms with van der Waals surface area (Å²) in [6.07, 6.45) is 2.47. The lowest BCUT2D eigenvalue weighted by Crippen LogP contribution is -2.16. The number of unbranched alkanes of at least 4 members (excludes halogenated alkanes) is 1. The number of hydrogen-bond donors (Lipinski definition) is 2. The zero-order valence-electron chi connectivity index (χ0n) is 16.3. The second-order valence-electron chi connectivity index (χ2n) is 6.11. The largest absolute Gasteiger partial charge is 0.495 e. The molecule has 0 heterocycles. The van der Waals surface area contributed by atoms with E-state index in [1.807, 2.05) is 12.1 Å². The van der Waals surface area contributed by atoms with Crippen LogP contribution >= 0.6 is 0 Å². The Bertz CT molecular complexity index is 895. The van der Waals surface area contributed by atoms with E-state index in [4.69, 9.17) is 9.47 Å². The smallest absolute Gasteiger partial charge is 0.411 e. The highest BCUT2D eigenvalue weighted by Gasteiger charge is 2.18. The Hall–Kier alpha value is -2.74. The number of sulfonamides is 1. The summed E-state index contributed by atoms with van der Waals surface area (Å²) in [5.41, 5.74) is 1.84. The Morgan fingerprint density at radius 1 is 1.07 bits per heavy atom. The Balaban J connectivity index is 2.21. The van der Waals surface area contributed by atoms with Crippen LogP contribution in [-0.2, 0) is 21.2 Å². The first-order valence-corrected chi connectivity index (χ1v) is 10.6. The third kappa shape index (κ3) is 5.88. The SMILES string of the molecule is CCCCc1ccc(NS(=O)(=O)c2ccc(OC)c(NC(=O)OCC)c2)cc1. The summed E-state index contributed by atoms with van der Waals surface area (Å²) in [7, 11) is -2.41. The van der Waals surface area contributed by atoms with Crippen LogP contribution in [0.5, 0.6) is 5.75 Å². The van der Waals surface area contributed by atoms with Gasteiger partial charge in [-0.05, 0) is 55.7 Å². The van der Waals surface area contributed by atoms with Crippen molar-refractivity contribution in [2.24, 2.45) is 0 Å². The molecule has 0 saturated carbocycles. The fourth-order valence-electron chi connectivity index (χ4n) is 2.56. The molecule has 1 amide bonds. The number of methoxy groups -OCH3 is 1. The second kappa shape index (κ2) is 9.98. The van der Waals surface area contributed by atoms with Crippen molar-refractivity contribution >= 4 is 27.5 Å². The van der Waals surface area contributed by atoms with Gasteiger partial charge in [0.15, 0.2) is 0 Å². The Morgan fingerprint density at radius 2 is 1.79 bits per heavy atom. The molecule has 0 spiro atoms. The van der Waals surface area contributed by atoms with E-state index in [2.05, 4.69) is 17.0 Å². The minimum absolute atomic E-state index is 0.00448. The summed E-state index contributed by atoms with van der Waals surface area (Å²) in [4.78, 5) is 11.7. The molecule has 7 nitrogen and oxygen atoms in total. The second-order valence-corrected chi connectivity index (χ2v) is 7.80. The lowest BCUT2D eigenvalue weighted by molar-refractivity contribution is 0.168. The molecule has 0 bridgehead atoms. The van der Waals surface area contributed by atoms with E-state index >= 15 is 0 Å². The van der Waals surface area contributed by atoms with Crippen LogP contribution in [-0.4, -0.2) is 28.2 Å². The number of amides is 1. The number of hydrogen-bond acceptors (Lipinski definition) is 5. The van der Waals surface area contributed by atoms with Crippen molar-refractivity contribution in [1.82, 2.24) is 0 Å². The van der Waals surface area contributed by atoms with E-state index in [1.165, 1.54) is 25.3 Å². The molecule has 0 atom stereocenters. The van der Waals surface area contributed by atoms with E-state index in [9.17, 15) is 13.2 Å². The predicted molar refractivity (Wildman–Crippen MR) is 110 cm³/mol. The van der Waals surface area contributed by atoms with Crippen molar-refractivity contribution in [2.75, 3.05) is 23.8 Å². The Morgan fingerprint density at radius 3 is 2.39 bits per heavy atom. The molecular weight excluding hydrogens is 380 g/mol. The van der Waals surface area contributed by atoms with E-state index in [0.29, 0.717) is 11.4 Å². The van der Waals surface area contributed by atoms with Gasteiger partial charge in [-0.3, -0.25) is 10.0 Å². The summed E-state index contributed by atoms with van der Waals surface area (Å²) >= 11 is 0. The van der Waals surface area contributed by atoms with Crippen molar-refractivity contribution < 1.29 is 22.7 Å². The third-order valence-electron chi connectivity index (χ3n) is 4.02. The number of anilines is 2. The van der Waals surface area contributed by atoms with Gasteiger partial charge in [-0.25, -0.2) is 13.2 Å². The molecule has 0 aliphatic carbocycles. The molecule has 2 rings (SSSR count). The van der Waals surface area contributed by atoms with E-state index in [1.54, 1.807) is 19.1 Å². The molecule has 2 aromatic carbocycles. The minimum atomic E-state index is -3.84. The van der Waals surface area contributed by atoms with Gasteiger partial charge >= 0.3 is 6.09 Å². The van der Waals surface area contributed by atoms with Gasteiger partial charge in [-0.15, -0.1) is 0 Å². The first-order valence-electron chi connectivity index (χ1n) is 9.13. The molecule has 0 saturated heterocycles. The zero-order valence-corrected chi connectivity index (χ0v) is 17.1. The van der Waals surface area contributed by atoms with Gasteiger partial charge < -0.3 is 9.47 Å². The van der Waals surface area contributed by atoms with Crippen molar-refractivity contribution in [1.29, 1.82) is 0 Å². The Kier molecular flexibility index (Phi) is 7.69. The molecule has 0 radical (unpaired) electrons. The molecule has 152 valence electrons. The fraction of sp³-hybridized carbons (Fsp3) is 0.350. The highest BCUT2D eigenvalue weighted by molar-refractivity contribution is 7.92. The maximum Gasteiger partial charge on any atom is 0.411 e. The summed E-state index contributed by atoms with van der Waals surface area (Å²) in [6, 6.07) is 11.5. The van der Waals surface area contributed by atoms with Gasteiger partial charge in [-0.1, -0.05) is 25.5 Å². The lowest BCUT2D eigenvalue weighted by Gasteiger charge is -2.13. The molecule has 0 unspecified atom stereocenters. The first kappa shape index (κ1) is 21.6. The van der Waals surface area contributed by atoms with E-state index < -0.39 is 16.1 Å². The molecule has 0 aliphatic rings. The molecule has 0 aliphatic heterocycles. The number of carbonyl (C=O) groups excluding carboxylic acids is 1. The molecule has 0 fully saturated rings. The van der Waals surface area contributed by atoms with Crippen LogP contribution in [0.15, 0.2) is 47.4 Å². The first-order chi connectivity index (χ1) is 13.4. The molecular formula is C20H26N2O5S. The lowest BCUT2D eigenvalue weighted by atomic mass is 10.1. The number of carbonyl (C=O) groups is 1. The standard InChI is InChI=1S/C20H26N2O5S/c1-4-6-7-15-8-10-16(11-9-15)22-28(24,25)17-12-13-19(26-3)18(14-17)21-20(23)27-5-2/h8-14,22H,4-7H2,1-3H3,(H,21,23). The highest BCUT2D eigenvalue weighted by atomic mass is 32.2. The number of benzene rings is 2. The summed E-state index contributed by atoms with van der Waals surface area (Å²) in [6.45, 7) is 4.00. The quantitative estimate of drug-likeness (QED) is 0.643. The van der Waals surface area contributed by atoms with Gasteiger partial charge in [0.1, 0.15) is 5.75 Å². The van der Waals surface area contributed by atoms with Crippen LogP contribution in [0, 0.1) is 0 Å². The zero-order chi connectivity index (χ0) is 20.6. The number of ether oxygens (including phenoxy) is 2. The van der Waals surface area contributed by atoms with Crippen LogP contribution in [0.3, 0.4) is 0 Å². The Labute approximate surface area is 166 Å². The van der Waals surface area contributed by atoms with Crippen LogP contribution in [0.4, 0.5) is 16.2 Å². The summed E-state index contributed by atoms with van der Waals surface area (Å²) < 4.78 is 38.0. The third-order valence-corrected chi connectivity index (χ3v) is 5.40. The average molecular weight is 407 g/mol. The van der Waals surface area contributed by atoms with Gasteiger partial charge in [0, 0.05) is 5.69 Å². The van der Waals surface area contributed by atoms with Crippen molar-refractivity contribution in [3.8, 4) is 5.75 Å². The average Bonchev–Trinajstić information content (AvgIpc) is 2.67. The molecule has 2 N–H and O–H groups in total. The molecule has 2 aromatic rings. The topological polar surface area (TPSA) is 93.7 Å². The molecule has 0 aromatic heterocycles. The number of aryl methyl sites for hydroxylation is 1. The maximum absolute atomic E-state index is 12.7. The highest BCUT2D eigenvalue weighted by Crippen LogP contribution is 2.28. The number of nitrogens with one attached hydrogen (secondary N) is 2. The van der Waals surface area contributed by atoms with Crippen molar-refractivity contribution in [2.45, 2.75) is 38.0 Å². The van der Waals surface area contributed by atoms with Crippen molar-refractivity contribution in [3.63, 3.8) is 0 Å². The fourth-order valence-corrected chi connectivity index (χ4v) is 3.65. The molecule has 8 heteroatoms. The van der Waals surface area contributed by atoms with Gasteiger partial charge in [0.25, 0.3) is 10.0 Å².